The molecule has 1 heterocycles. The number of carbonyl (C=O) groups is 1. The molecular weight excluding hydrogens is 226 g/mol. The minimum absolute atomic E-state index is 0.0831. The Morgan fingerprint density at radius 2 is 1.89 bits per heavy atom. The Labute approximate surface area is 104 Å². The lowest BCUT2D eigenvalue weighted by Gasteiger charge is -1.98. The van der Waals surface area contributed by atoms with E-state index >= 15 is 0 Å². The van der Waals surface area contributed by atoms with Crippen LogP contribution in [0.1, 0.15) is 17.3 Å². The highest BCUT2D eigenvalue weighted by Gasteiger charge is 2.07. The van der Waals surface area contributed by atoms with Gasteiger partial charge in [0.05, 0.1) is 12.6 Å². The Morgan fingerprint density at radius 1 is 1.06 bits per heavy atom. The number of ether oxygens (including phenoxy) is 1. The normalized spacial score (nSPS) is 11.0. The second kappa shape index (κ2) is 3.88. The van der Waals surface area contributed by atoms with Gasteiger partial charge >= 0.3 is 0 Å². The van der Waals surface area contributed by atoms with Gasteiger partial charge in [0.25, 0.3) is 0 Å². The first kappa shape index (κ1) is 10.8. The summed E-state index contributed by atoms with van der Waals surface area (Å²) in [5.41, 5.74) is 2.78. The number of rotatable bonds is 2. The fourth-order valence-electron chi connectivity index (χ4n) is 2.23. The van der Waals surface area contributed by atoms with Gasteiger partial charge < -0.3 is 9.72 Å². The largest absolute Gasteiger partial charge is 0.497 e. The Hall–Kier alpha value is -2.29. The average Bonchev–Trinajstić information content (AvgIpc) is 2.74. The van der Waals surface area contributed by atoms with Crippen molar-refractivity contribution >= 4 is 27.6 Å². The highest BCUT2D eigenvalue weighted by molar-refractivity contribution is 6.10. The van der Waals surface area contributed by atoms with Crippen LogP contribution in [0.25, 0.3) is 21.8 Å². The molecule has 0 atom stereocenters. The number of benzene rings is 2. The lowest BCUT2D eigenvalue weighted by Crippen LogP contribution is -1.90. The Kier molecular flexibility index (Phi) is 2.33. The predicted molar refractivity (Wildman–Crippen MR) is 72.4 cm³/mol. The number of nitrogens with one attached hydrogen (secondary N) is 1. The van der Waals surface area contributed by atoms with E-state index in [9.17, 15) is 4.79 Å². The Balaban J connectivity index is 2.34. The minimum Gasteiger partial charge on any atom is -0.497 e. The van der Waals surface area contributed by atoms with Crippen LogP contribution in [0.15, 0.2) is 36.4 Å². The molecule has 0 saturated heterocycles. The molecular formula is C15H13NO2. The van der Waals surface area contributed by atoms with Crippen LogP contribution in [0.2, 0.25) is 0 Å². The van der Waals surface area contributed by atoms with Crippen molar-refractivity contribution in [2.24, 2.45) is 0 Å². The van der Waals surface area contributed by atoms with Crippen molar-refractivity contribution in [2.75, 3.05) is 7.11 Å². The van der Waals surface area contributed by atoms with Crippen LogP contribution in [0.4, 0.5) is 0 Å². The van der Waals surface area contributed by atoms with Gasteiger partial charge in [-0.1, -0.05) is 0 Å². The number of H-pyrrole nitrogens is 1. The topological polar surface area (TPSA) is 42.1 Å². The third-order valence-corrected chi connectivity index (χ3v) is 3.21. The molecule has 3 rings (SSSR count). The molecule has 0 saturated carbocycles. The fraction of sp³-hybridized carbons (Fsp3) is 0.133. The number of fused-ring (bicyclic) bond motifs is 3. The summed E-state index contributed by atoms with van der Waals surface area (Å²) in [4.78, 5) is 14.7. The maximum absolute atomic E-state index is 11.4. The standard InChI is InChI=1S/C15H13NO2/c1-9(17)10-3-6-14-13(7-10)12-5-4-11(18-2)8-15(12)16-14/h3-8,16H,1-2H3. The van der Waals surface area contributed by atoms with Crippen LogP contribution in [0.5, 0.6) is 5.75 Å². The minimum atomic E-state index is 0.0831. The second-order valence-electron chi connectivity index (χ2n) is 4.35. The lowest BCUT2D eigenvalue weighted by molar-refractivity contribution is 0.101. The van der Waals surface area contributed by atoms with Crippen molar-refractivity contribution in [3.05, 3.63) is 42.0 Å². The second-order valence-corrected chi connectivity index (χ2v) is 4.35. The Morgan fingerprint density at radius 3 is 2.61 bits per heavy atom. The van der Waals surface area contributed by atoms with Crippen LogP contribution in [-0.2, 0) is 0 Å². The molecule has 3 aromatic rings. The maximum Gasteiger partial charge on any atom is 0.159 e. The molecule has 0 amide bonds. The van der Waals surface area contributed by atoms with E-state index in [-0.39, 0.29) is 5.78 Å². The molecule has 90 valence electrons. The van der Waals surface area contributed by atoms with E-state index in [1.807, 2.05) is 36.4 Å². The molecule has 0 radical (unpaired) electrons. The van der Waals surface area contributed by atoms with Gasteiger partial charge in [0.1, 0.15) is 5.75 Å². The molecule has 3 heteroatoms. The molecule has 18 heavy (non-hydrogen) atoms. The highest BCUT2D eigenvalue weighted by atomic mass is 16.5. The molecule has 2 aromatic carbocycles. The van der Waals surface area contributed by atoms with Crippen LogP contribution in [-0.4, -0.2) is 17.9 Å². The third-order valence-electron chi connectivity index (χ3n) is 3.21. The van der Waals surface area contributed by atoms with Gasteiger partial charge in [-0.3, -0.25) is 4.79 Å². The van der Waals surface area contributed by atoms with E-state index in [1.54, 1.807) is 14.0 Å². The number of hydrogen-bond donors (Lipinski definition) is 1. The van der Waals surface area contributed by atoms with E-state index in [4.69, 9.17) is 4.74 Å². The van der Waals surface area contributed by atoms with Crippen molar-refractivity contribution in [3.8, 4) is 5.75 Å². The zero-order valence-electron chi connectivity index (χ0n) is 10.3. The van der Waals surface area contributed by atoms with Crippen LogP contribution < -0.4 is 4.74 Å². The van der Waals surface area contributed by atoms with Crippen molar-refractivity contribution in [2.45, 2.75) is 6.92 Å². The monoisotopic (exact) mass is 239 g/mol. The summed E-state index contributed by atoms with van der Waals surface area (Å²) in [5.74, 6) is 0.903. The highest BCUT2D eigenvalue weighted by Crippen LogP contribution is 2.29. The van der Waals surface area contributed by atoms with Crippen molar-refractivity contribution in [1.82, 2.24) is 4.98 Å². The summed E-state index contributed by atoms with van der Waals surface area (Å²) >= 11 is 0. The van der Waals surface area contributed by atoms with E-state index in [1.165, 1.54) is 0 Å². The third kappa shape index (κ3) is 1.56. The van der Waals surface area contributed by atoms with Crippen LogP contribution >= 0.6 is 0 Å². The first-order chi connectivity index (χ1) is 8.69. The molecule has 3 nitrogen and oxygen atoms in total. The van der Waals surface area contributed by atoms with Gasteiger partial charge in [-0.25, -0.2) is 0 Å². The number of carbonyl (C=O) groups excluding carboxylic acids is 1. The van der Waals surface area contributed by atoms with Crippen molar-refractivity contribution in [3.63, 3.8) is 0 Å². The molecule has 1 N–H and O–H groups in total. The molecule has 1 aromatic heterocycles. The number of ketones is 1. The van der Waals surface area contributed by atoms with Gasteiger partial charge in [0.2, 0.25) is 0 Å². The van der Waals surface area contributed by atoms with E-state index in [0.717, 1.165) is 33.1 Å². The van der Waals surface area contributed by atoms with Gasteiger partial charge in [-0.05, 0) is 37.3 Å². The maximum atomic E-state index is 11.4. The summed E-state index contributed by atoms with van der Waals surface area (Å²) in [7, 11) is 1.65. The molecule has 0 fully saturated rings. The average molecular weight is 239 g/mol. The number of aromatic nitrogens is 1. The first-order valence-electron chi connectivity index (χ1n) is 5.79. The van der Waals surface area contributed by atoms with Crippen molar-refractivity contribution < 1.29 is 9.53 Å². The molecule has 0 aliphatic carbocycles. The number of hydrogen-bond acceptors (Lipinski definition) is 2. The zero-order chi connectivity index (χ0) is 12.7. The van der Waals surface area contributed by atoms with E-state index in [2.05, 4.69) is 4.98 Å². The Bertz CT molecular complexity index is 756. The molecule has 0 aliphatic rings. The van der Waals surface area contributed by atoms with E-state index in [0.29, 0.717) is 0 Å². The SMILES string of the molecule is COc1ccc2c(c1)[nH]c1ccc(C(C)=O)cc12. The van der Waals surface area contributed by atoms with E-state index < -0.39 is 0 Å². The summed E-state index contributed by atoms with van der Waals surface area (Å²) in [6.07, 6.45) is 0. The number of methoxy groups -OCH3 is 1. The molecule has 0 spiro atoms. The zero-order valence-corrected chi connectivity index (χ0v) is 10.3. The summed E-state index contributed by atoms with van der Waals surface area (Å²) < 4.78 is 5.21. The van der Waals surface area contributed by atoms with Gasteiger partial charge in [-0.15, -0.1) is 0 Å². The van der Waals surface area contributed by atoms with Crippen molar-refractivity contribution in [1.29, 1.82) is 0 Å². The number of aromatic amines is 1. The molecule has 0 bridgehead atoms. The van der Waals surface area contributed by atoms with Gasteiger partial charge in [-0.2, -0.15) is 0 Å². The van der Waals surface area contributed by atoms with Gasteiger partial charge in [0.15, 0.2) is 5.78 Å². The van der Waals surface area contributed by atoms with Crippen LogP contribution in [0.3, 0.4) is 0 Å². The summed E-state index contributed by atoms with van der Waals surface area (Å²) in [6.45, 7) is 1.58. The van der Waals surface area contributed by atoms with Crippen LogP contribution in [0, 0.1) is 0 Å². The smallest absolute Gasteiger partial charge is 0.159 e. The quantitative estimate of drug-likeness (QED) is 0.695. The fourth-order valence-corrected chi connectivity index (χ4v) is 2.23. The van der Waals surface area contributed by atoms with Gasteiger partial charge in [0, 0.05) is 27.9 Å². The first-order valence-corrected chi connectivity index (χ1v) is 5.79. The summed E-state index contributed by atoms with van der Waals surface area (Å²) in [5, 5.41) is 2.18. The molecule has 0 aliphatic heterocycles. The number of Topliss-reactive ketones (excluding diaryl/α,β-unsaturated/α-hetero) is 1. The predicted octanol–water partition coefficient (Wildman–Crippen LogP) is 3.53. The lowest BCUT2D eigenvalue weighted by atomic mass is 10.1. The molecule has 0 unspecified atom stereocenters. The summed E-state index contributed by atoms with van der Waals surface area (Å²) in [6, 6.07) is 11.6.